The van der Waals surface area contributed by atoms with Crippen LogP contribution in [-0.2, 0) is 27.8 Å². The number of oxazole rings is 1. The summed E-state index contributed by atoms with van der Waals surface area (Å²) in [4.78, 5) is 25.9. The Labute approximate surface area is 174 Å². The van der Waals surface area contributed by atoms with Crippen molar-refractivity contribution < 1.29 is 17.6 Å². The first kappa shape index (κ1) is 20.2. The van der Waals surface area contributed by atoms with E-state index in [9.17, 15) is 18.0 Å². The molecule has 2 heterocycles. The Morgan fingerprint density at radius 3 is 2.47 bits per heavy atom. The highest BCUT2D eigenvalue weighted by Crippen LogP contribution is 2.22. The maximum Gasteiger partial charge on any atom is 0.419 e. The van der Waals surface area contributed by atoms with Crippen molar-refractivity contribution in [3.63, 3.8) is 0 Å². The van der Waals surface area contributed by atoms with Gasteiger partial charge in [0.2, 0.25) is 5.91 Å². The van der Waals surface area contributed by atoms with Gasteiger partial charge in [0, 0.05) is 31.4 Å². The largest absolute Gasteiger partial charge is 0.419 e. The van der Waals surface area contributed by atoms with E-state index < -0.39 is 15.8 Å². The molecule has 1 aromatic heterocycles. The van der Waals surface area contributed by atoms with E-state index in [-0.39, 0.29) is 16.4 Å². The van der Waals surface area contributed by atoms with Gasteiger partial charge in [-0.05, 0) is 49.6 Å². The van der Waals surface area contributed by atoms with Crippen LogP contribution in [0.15, 0.2) is 56.6 Å². The van der Waals surface area contributed by atoms with Crippen LogP contribution in [0.4, 0.5) is 5.69 Å². The van der Waals surface area contributed by atoms with Gasteiger partial charge in [0.1, 0.15) is 0 Å². The smallest absolute Gasteiger partial charge is 0.408 e. The second-order valence-corrected chi connectivity index (χ2v) is 8.99. The van der Waals surface area contributed by atoms with E-state index in [1.165, 1.54) is 16.7 Å². The predicted molar refractivity (Wildman–Crippen MR) is 113 cm³/mol. The average Bonchev–Trinajstić information content (AvgIpc) is 3.35. The van der Waals surface area contributed by atoms with Crippen LogP contribution < -0.4 is 10.5 Å². The third kappa shape index (κ3) is 3.97. The van der Waals surface area contributed by atoms with Crippen LogP contribution in [0.3, 0.4) is 0 Å². The van der Waals surface area contributed by atoms with Gasteiger partial charge in [-0.15, -0.1) is 0 Å². The molecule has 2 aromatic carbocycles. The molecule has 1 aliphatic rings. The fraction of sp³-hybridized carbons (Fsp3) is 0.333. The van der Waals surface area contributed by atoms with Gasteiger partial charge in [-0.3, -0.25) is 14.1 Å². The van der Waals surface area contributed by atoms with Gasteiger partial charge in [-0.2, -0.15) is 0 Å². The van der Waals surface area contributed by atoms with Crippen LogP contribution in [0.5, 0.6) is 0 Å². The zero-order valence-electron chi connectivity index (χ0n) is 16.6. The van der Waals surface area contributed by atoms with Crippen molar-refractivity contribution in [3.05, 3.63) is 58.6 Å². The molecule has 1 fully saturated rings. The topological polar surface area (TPSA) is 102 Å². The summed E-state index contributed by atoms with van der Waals surface area (Å²) in [7, 11) is -3.86. The van der Waals surface area contributed by atoms with Gasteiger partial charge < -0.3 is 9.32 Å². The highest BCUT2D eigenvalue weighted by Gasteiger charge is 2.19. The first-order chi connectivity index (χ1) is 14.4. The van der Waals surface area contributed by atoms with Gasteiger partial charge in [-0.1, -0.05) is 12.1 Å². The van der Waals surface area contributed by atoms with Crippen LogP contribution in [0.25, 0.3) is 11.1 Å². The van der Waals surface area contributed by atoms with Crippen LogP contribution in [0.1, 0.15) is 25.3 Å². The van der Waals surface area contributed by atoms with E-state index in [0.717, 1.165) is 31.5 Å². The fourth-order valence-corrected chi connectivity index (χ4v) is 4.74. The minimum atomic E-state index is -3.86. The number of sulfonamides is 1. The van der Waals surface area contributed by atoms with Gasteiger partial charge in [0.25, 0.3) is 10.0 Å². The molecule has 0 atom stereocenters. The van der Waals surface area contributed by atoms with E-state index in [1.54, 1.807) is 30.3 Å². The maximum atomic E-state index is 12.7. The number of nitrogens with one attached hydrogen (secondary N) is 1. The number of aryl methyl sites for hydroxylation is 1. The SMILES string of the molecule is CCn1c(=O)oc2cc(S(=O)(=O)Nc3ccc(CC(=O)N4CCCC4)cc3)ccc21. The van der Waals surface area contributed by atoms with Crippen molar-refractivity contribution in [2.24, 2.45) is 0 Å². The highest BCUT2D eigenvalue weighted by atomic mass is 32.2. The van der Waals surface area contributed by atoms with Crippen molar-refractivity contribution >= 4 is 32.7 Å². The molecule has 9 heteroatoms. The first-order valence-corrected chi connectivity index (χ1v) is 11.4. The van der Waals surface area contributed by atoms with Crippen LogP contribution in [0, 0.1) is 0 Å². The number of amides is 1. The molecule has 4 rings (SSSR count). The summed E-state index contributed by atoms with van der Waals surface area (Å²) < 4.78 is 34.6. The molecular weight excluding hydrogens is 406 g/mol. The molecule has 1 saturated heterocycles. The molecule has 1 aliphatic heterocycles. The molecular formula is C21H23N3O5S. The second-order valence-electron chi connectivity index (χ2n) is 7.31. The van der Waals surface area contributed by atoms with E-state index in [2.05, 4.69) is 4.72 Å². The molecule has 0 aliphatic carbocycles. The van der Waals surface area contributed by atoms with E-state index >= 15 is 0 Å². The molecule has 3 aromatic rings. The Morgan fingerprint density at radius 1 is 1.10 bits per heavy atom. The van der Waals surface area contributed by atoms with Gasteiger partial charge in [-0.25, -0.2) is 13.2 Å². The lowest BCUT2D eigenvalue weighted by molar-refractivity contribution is -0.129. The number of likely N-dealkylation sites (tertiary alicyclic amines) is 1. The van der Waals surface area contributed by atoms with Crippen LogP contribution in [-0.4, -0.2) is 36.9 Å². The van der Waals surface area contributed by atoms with Crippen LogP contribution in [0.2, 0.25) is 0 Å². The number of benzene rings is 2. The molecule has 30 heavy (non-hydrogen) atoms. The first-order valence-electron chi connectivity index (χ1n) is 9.90. The summed E-state index contributed by atoms with van der Waals surface area (Å²) in [5.74, 6) is -0.427. The Kier molecular flexibility index (Phi) is 5.38. The quantitative estimate of drug-likeness (QED) is 0.649. The second kappa shape index (κ2) is 7.98. The fourth-order valence-electron chi connectivity index (χ4n) is 3.67. The molecule has 1 N–H and O–H groups in total. The van der Waals surface area contributed by atoms with E-state index in [4.69, 9.17) is 4.42 Å². The minimum Gasteiger partial charge on any atom is -0.408 e. The molecule has 0 unspecified atom stereocenters. The lowest BCUT2D eigenvalue weighted by atomic mass is 10.1. The molecule has 0 radical (unpaired) electrons. The Morgan fingerprint density at radius 2 is 1.80 bits per heavy atom. The zero-order valence-corrected chi connectivity index (χ0v) is 17.4. The van der Waals surface area contributed by atoms with Gasteiger partial charge >= 0.3 is 5.76 Å². The monoisotopic (exact) mass is 429 g/mol. The van der Waals surface area contributed by atoms with E-state index in [1.807, 2.05) is 11.8 Å². The number of carbonyl (C=O) groups is 1. The van der Waals surface area contributed by atoms with Crippen molar-refractivity contribution in [2.45, 2.75) is 37.6 Å². The van der Waals surface area contributed by atoms with Crippen LogP contribution >= 0.6 is 0 Å². The number of fused-ring (bicyclic) bond motifs is 1. The lowest BCUT2D eigenvalue weighted by Gasteiger charge is -2.15. The number of aromatic nitrogens is 1. The molecule has 1 amide bonds. The summed E-state index contributed by atoms with van der Waals surface area (Å²) >= 11 is 0. The summed E-state index contributed by atoms with van der Waals surface area (Å²) in [6.07, 6.45) is 2.40. The standard InChI is InChI=1S/C21H23N3O5S/c1-2-24-18-10-9-17(14-19(18)29-21(24)26)30(27,28)22-16-7-5-15(6-8-16)13-20(25)23-11-3-4-12-23/h5-10,14,22H,2-4,11-13H2,1H3. The normalized spacial score (nSPS) is 14.4. The van der Waals surface area contributed by atoms with Crippen molar-refractivity contribution in [1.29, 1.82) is 0 Å². The number of nitrogens with zero attached hydrogens (tertiary/aromatic N) is 2. The van der Waals surface area contributed by atoms with Gasteiger partial charge in [0.15, 0.2) is 5.58 Å². The summed E-state index contributed by atoms with van der Waals surface area (Å²) in [6.45, 7) is 3.86. The molecule has 0 bridgehead atoms. The predicted octanol–water partition coefficient (Wildman–Crippen LogP) is 2.58. The Balaban J connectivity index is 1.49. The van der Waals surface area contributed by atoms with Crippen molar-refractivity contribution in [1.82, 2.24) is 9.47 Å². The lowest BCUT2D eigenvalue weighted by Crippen LogP contribution is -2.29. The van der Waals surface area contributed by atoms with Gasteiger partial charge in [0.05, 0.1) is 16.8 Å². The highest BCUT2D eigenvalue weighted by molar-refractivity contribution is 7.92. The number of carbonyl (C=O) groups excluding carboxylic acids is 1. The number of rotatable bonds is 6. The van der Waals surface area contributed by atoms with Crippen molar-refractivity contribution in [3.8, 4) is 0 Å². The summed E-state index contributed by atoms with van der Waals surface area (Å²) in [5.41, 5.74) is 1.99. The molecule has 0 saturated carbocycles. The summed E-state index contributed by atoms with van der Waals surface area (Å²) in [5, 5.41) is 0. The Hall–Kier alpha value is -3.07. The number of hydrogen-bond acceptors (Lipinski definition) is 5. The van der Waals surface area contributed by atoms with Crippen molar-refractivity contribution in [2.75, 3.05) is 17.8 Å². The average molecular weight is 429 g/mol. The molecule has 158 valence electrons. The zero-order chi connectivity index (χ0) is 21.3. The molecule has 0 spiro atoms. The summed E-state index contributed by atoms with van der Waals surface area (Å²) in [6, 6.07) is 11.1. The molecule has 8 nitrogen and oxygen atoms in total. The third-order valence-corrected chi connectivity index (χ3v) is 6.67. The minimum absolute atomic E-state index is 0.000269. The number of hydrogen-bond donors (Lipinski definition) is 1. The maximum absolute atomic E-state index is 12.7. The Bertz CT molecular complexity index is 1240. The van der Waals surface area contributed by atoms with E-state index in [0.29, 0.717) is 24.2 Å². The number of anilines is 1. The third-order valence-electron chi connectivity index (χ3n) is 5.29.